The zero-order valence-electron chi connectivity index (χ0n) is 10.7. The van der Waals surface area contributed by atoms with Gasteiger partial charge in [0, 0.05) is 12.5 Å². The zero-order chi connectivity index (χ0) is 11.8. The number of rotatable bonds is 2. The minimum Gasteiger partial charge on any atom is -0.495 e. The summed E-state index contributed by atoms with van der Waals surface area (Å²) in [7, 11) is 1.75. The molecule has 0 amide bonds. The van der Waals surface area contributed by atoms with Crippen molar-refractivity contribution in [2.45, 2.75) is 32.1 Å². The van der Waals surface area contributed by atoms with Gasteiger partial charge in [-0.3, -0.25) is 0 Å². The van der Waals surface area contributed by atoms with Gasteiger partial charge >= 0.3 is 0 Å². The monoisotopic (exact) mass is 231 g/mol. The van der Waals surface area contributed by atoms with E-state index < -0.39 is 0 Å². The number of hydrogen-bond acceptors (Lipinski definition) is 2. The first-order chi connectivity index (χ1) is 8.31. The third-order valence-corrected chi connectivity index (χ3v) is 4.62. The SMILES string of the molecule is COc1cccc2c1NCC2C1CCCC1C. The molecule has 2 nitrogen and oxygen atoms in total. The minimum absolute atomic E-state index is 0.692. The van der Waals surface area contributed by atoms with Gasteiger partial charge in [0.1, 0.15) is 5.75 Å². The van der Waals surface area contributed by atoms with Crippen molar-refractivity contribution in [3.05, 3.63) is 23.8 Å². The molecule has 0 saturated heterocycles. The molecule has 1 fully saturated rings. The Morgan fingerprint density at radius 2 is 2.18 bits per heavy atom. The number of para-hydroxylation sites is 1. The second-order valence-electron chi connectivity index (χ2n) is 5.48. The van der Waals surface area contributed by atoms with E-state index in [0.29, 0.717) is 5.92 Å². The largest absolute Gasteiger partial charge is 0.495 e. The third kappa shape index (κ3) is 1.70. The van der Waals surface area contributed by atoms with Crippen LogP contribution in [0.5, 0.6) is 5.75 Å². The van der Waals surface area contributed by atoms with E-state index in [1.807, 2.05) is 6.07 Å². The lowest BCUT2D eigenvalue weighted by atomic mass is 9.81. The van der Waals surface area contributed by atoms with Crippen LogP contribution in [0.1, 0.15) is 37.7 Å². The summed E-state index contributed by atoms with van der Waals surface area (Å²) >= 11 is 0. The van der Waals surface area contributed by atoms with Gasteiger partial charge in [-0.15, -0.1) is 0 Å². The van der Waals surface area contributed by atoms with Crippen LogP contribution in [0.3, 0.4) is 0 Å². The van der Waals surface area contributed by atoms with Gasteiger partial charge < -0.3 is 10.1 Å². The number of benzene rings is 1. The molecule has 0 spiro atoms. The summed E-state index contributed by atoms with van der Waals surface area (Å²) in [5, 5.41) is 3.54. The van der Waals surface area contributed by atoms with Crippen LogP contribution < -0.4 is 10.1 Å². The van der Waals surface area contributed by atoms with E-state index in [4.69, 9.17) is 4.74 Å². The van der Waals surface area contributed by atoms with Crippen molar-refractivity contribution < 1.29 is 4.74 Å². The van der Waals surface area contributed by atoms with E-state index in [1.165, 1.54) is 30.5 Å². The number of anilines is 1. The van der Waals surface area contributed by atoms with Gasteiger partial charge in [-0.05, 0) is 29.9 Å². The summed E-state index contributed by atoms with van der Waals surface area (Å²) in [5.41, 5.74) is 2.71. The molecule has 1 heterocycles. The van der Waals surface area contributed by atoms with Crippen LogP contribution in [0, 0.1) is 11.8 Å². The van der Waals surface area contributed by atoms with Crippen LogP contribution >= 0.6 is 0 Å². The lowest BCUT2D eigenvalue weighted by molar-refractivity contribution is 0.361. The van der Waals surface area contributed by atoms with Gasteiger partial charge in [-0.25, -0.2) is 0 Å². The van der Waals surface area contributed by atoms with Gasteiger partial charge in [-0.1, -0.05) is 31.9 Å². The van der Waals surface area contributed by atoms with E-state index in [9.17, 15) is 0 Å². The smallest absolute Gasteiger partial charge is 0.142 e. The van der Waals surface area contributed by atoms with Gasteiger partial charge in [0.2, 0.25) is 0 Å². The number of nitrogens with one attached hydrogen (secondary N) is 1. The molecule has 17 heavy (non-hydrogen) atoms. The molecule has 92 valence electrons. The molecule has 1 saturated carbocycles. The van der Waals surface area contributed by atoms with Crippen molar-refractivity contribution >= 4 is 5.69 Å². The lowest BCUT2D eigenvalue weighted by Gasteiger charge is -2.22. The number of hydrogen-bond donors (Lipinski definition) is 1. The summed E-state index contributed by atoms with van der Waals surface area (Å²) in [5.74, 6) is 3.42. The first kappa shape index (κ1) is 10.9. The first-order valence-electron chi connectivity index (χ1n) is 6.72. The maximum atomic E-state index is 5.43. The van der Waals surface area contributed by atoms with E-state index in [2.05, 4.69) is 24.4 Å². The van der Waals surface area contributed by atoms with Crippen molar-refractivity contribution in [3.63, 3.8) is 0 Å². The minimum atomic E-state index is 0.692. The fourth-order valence-corrected chi connectivity index (χ4v) is 3.69. The van der Waals surface area contributed by atoms with Crippen LogP contribution in [-0.2, 0) is 0 Å². The average molecular weight is 231 g/mol. The number of methoxy groups -OCH3 is 1. The maximum Gasteiger partial charge on any atom is 0.142 e. The highest BCUT2D eigenvalue weighted by Crippen LogP contribution is 2.48. The summed E-state index contributed by atoms with van der Waals surface area (Å²) in [4.78, 5) is 0. The van der Waals surface area contributed by atoms with Crippen LogP contribution in [0.15, 0.2) is 18.2 Å². The molecule has 1 aromatic rings. The summed E-state index contributed by atoms with van der Waals surface area (Å²) in [6, 6.07) is 6.44. The number of ether oxygens (including phenoxy) is 1. The third-order valence-electron chi connectivity index (χ3n) is 4.62. The predicted octanol–water partition coefficient (Wildman–Crippen LogP) is 3.64. The Balaban J connectivity index is 1.93. The maximum absolute atomic E-state index is 5.43. The fraction of sp³-hybridized carbons (Fsp3) is 0.600. The Morgan fingerprint density at radius 3 is 2.88 bits per heavy atom. The molecular weight excluding hydrogens is 210 g/mol. The zero-order valence-corrected chi connectivity index (χ0v) is 10.7. The molecule has 2 heteroatoms. The van der Waals surface area contributed by atoms with Crippen LogP contribution in [0.4, 0.5) is 5.69 Å². The molecule has 3 unspecified atom stereocenters. The molecule has 0 bridgehead atoms. The molecule has 1 N–H and O–H groups in total. The topological polar surface area (TPSA) is 21.3 Å². The summed E-state index contributed by atoms with van der Waals surface area (Å²) < 4.78 is 5.43. The highest BCUT2D eigenvalue weighted by Gasteiger charge is 2.36. The summed E-state index contributed by atoms with van der Waals surface area (Å²) in [6.07, 6.45) is 4.20. The number of fused-ring (bicyclic) bond motifs is 1. The first-order valence-corrected chi connectivity index (χ1v) is 6.72. The van der Waals surface area contributed by atoms with Gasteiger partial charge in [0.25, 0.3) is 0 Å². The van der Waals surface area contributed by atoms with E-state index in [-0.39, 0.29) is 0 Å². The molecule has 3 rings (SSSR count). The Labute approximate surface area is 103 Å². The Kier molecular flexibility index (Phi) is 2.73. The Morgan fingerprint density at radius 1 is 1.29 bits per heavy atom. The fourth-order valence-electron chi connectivity index (χ4n) is 3.69. The van der Waals surface area contributed by atoms with Gasteiger partial charge in [0.15, 0.2) is 0 Å². The van der Waals surface area contributed by atoms with Crippen LogP contribution in [-0.4, -0.2) is 13.7 Å². The van der Waals surface area contributed by atoms with Crippen LogP contribution in [0.2, 0.25) is 0 Å². The molecule has 0 aromatic heterocycles. The molecule has 0 radical (unpaired) electrons. The standard InChI is InChI=1S/C15H21NO/c1-10-5-3-6-11(10)13-9-16-15-12(13)7-4-8-14(15)17-2/h4,7-8,10-11,13,16H,3,5-6,9H2,1-2H3. The molecular formula is C15H21NO. The van der Waals surface area contributed by atoms with E-state index in [1.54, 1.807) is 7.11 Å². The summed E-state index contributed by atoms with van der Waals surface area (Å²) in [6.45, 7) is 3.50. The van der Waals surface area contributed by atoms with E-state index >= 15 is 0 Å². The predicted molar refractivity (Wildman–Crippen MR) is 70.7 cm³/mol. The van der Waals surface area contributed by atoms with Crippen molar-refractivity contribution in [1.82, 2.24) is 0 Å². The second kappa shape index (κ2) is 4.25. The normalized spacial score (nSPS) is 31.1. The highest BCUT2D eigenvalue weighted by atomic mass is 16.5. The van der Waals surface area contributed by atoms with Crippen molar-refractivity contribution in [1.29, 1.82) is 0 Å². The Hall–Kier alpha value is -1.18. The van der Waals surface area contributed by atoms with Crippen LogP contribution in [0.25, 0.3) is 0 Å². The van der Waals surface area contributed by atoms with Gasteiger partial charge in [-0.2, -0.15) is 0 Å². The average Bonchev–Trinajstić information content (AvgIpc) is 2.94. The van der Waals surface area contributed by atoms with Crippen molar-refractivity contribution in [2.24, 2.45) is 11.8 Å². The molecule has 3 atom stereocenters. The molecule has 2 aliphatic rings. The lowest BCUT2D eigenvalue weighted by Crippen LogP contribution is -2.17. The van der Waals surface area contributed by atoms with Crippen molar-refractivity contribution in [2.75, 3.05) is 19.0 Å². The second-order valence-corrected chi connectivity index (χ2v) is 5.48. The Bertz CT molecular complexity index is 415. The molecule has 1 aliphatic heterocycles. The van der Waals surface area contributed by atoms with E-state index in [0.717, 1.165) is 24.1 Å². The highest BCUT2D eigenvalue weighted by molar-refractivity contribution is 5.67. The van der Waals surface area contributed by atoms with Crippen molar-refractivity contribution in [3.8, 4) is 5.75 Å². The molecule has 1 aliphatic carbocycles. The quantitative estimate of drug-likeness (QED) is 0.839. The molecule has 1 aromatic carbocycles. The van der Waals surface area contributed by atoms with Gasteiger partial charge in [0.05, 0.1) is 12.8 Å².